The Labute approximate surface area is 148 Å². The molecule has 0 aliphatic rings. The molecule has 0 atom stereocenters. The Hall–Kier alpha value is -2.25. The fraction of sp³-hybridized carbons (Fsp3) is 0.333. The van der Waals surface area contributed by atoms with Crippen molar-refractivity contribution >= 4 is 15.9 Å². The molecule has 0 aliphatic heterocycles. The van der Waals surface area contributed by atoms with Crippen molar-refractivity contribution in [1.29, 1.82) is 0 Å². The summed E-state index contributed by atoms with van der Waals surface area (Å²) >= 11 is 0. The highest BCUT2D eigenvalue weighted by Crippen LogP contribution is 2.17. The van der Waals surface area contributed by atoms with Crippen molar-refractivity contribution in [2.45, 2.75) is 25.2 Å². The maximum Gasteiger partial charge on any atom is 0.251 e. The van der Waals surface area contributed by atoms with Gasteiger partial charge < -0.3 is 5.32 Å². The minimum absolute atomic E-state index is 0.133. The van der Waals surface area contributed by atoms with Gasteiger partial charge in [-0.25, -0.2) is 8.42 Å². The Balaban J connectivity index is 2.06. The molecule has 1 amide bonds. The highest BCUT2D eigenvalue weighted by molar-refractivity contribution is 7.89. The number of benzene rings is 1. The summed E-state index contributed by atoms with van der Waals surface area (Å²) in [5.74, 6) is -0.299. The zero-order valence-corrected chi connectivity index (χ0v) is 15.3. The van der Waals surface area contributed by atoms with E-state index in [9.17, 15) is 13.2 Å². The molecule has 0 aliphatic carbocycles. The Morgan fingerprint density at radius 3 is 2.52 bits per heavy atom. The highest BCUT2D eigenvalue weighted by atomic mass is 32.2. The van der Waals surface area contributed by atoms with Crippen LogP contribution in [0.1, 0.15) is 29.9 Å². The minimum atomic E-state index is -3.58. The van der Waals surface area contributed by atoms with Crippen LogP contribution in [0.4, 0.5) is 0 Å². The first-order chi connectivity index (χ1) is 12.0. The lowest BCUT2D eigenvalue weighted by atomic mass is 10.2. The molecule has 1 aromatic heterocycles. The molecule has 0 bridgehead atoms. The van der Waals surface area contributed by atoms with E-state index >= 15 is 0 Å². The third kappa shape index (κ3) is 4.87. The second-order valence-electron chi connectivity index (χ2n) is 5.44. The molecule has 6 nitrogen and oxygen atoms in total. The molecule has 1 heterocycles. The number of carbonyl (C=O) groups excluding carboxylic acids is 1. The van der Waals surface area contributed by atoms with Crippen LogP contribution in [0.15, 0.2) is 53.6 Å². The first kappa shape index (κ1) is 19.1. The van der Waals surface area contributed by atoms with E-state index in [-0.39, 0.29) is 10.8 Å². The fourth-order valence-corrected chi connectivity index (χ4v) is 3.97. The smallest absolute Gasteiger partial charge is 0.251 e. The molecule has 0 unspecified atom stereocenters. The van der Waals surface area contributed by atoms with Crippen LogP contribution >= 0.6 is 0 Å². The number of rotatable bonds is 8. The maximum atomic E-state index is 12.6. The molecule has 7 heteroatoms. The lowest BCUT2D eigenvalue weighted by Gasteiger charge is -2.18. The van der Waals surface area contributed by atoms with Crippen LogP contribution in [0.2, 0.25) is 0 Å². The van der Waals surface area contributed by atoms with E-state index in [0.717, 1.165) is 5.69 Å². The van der Waals surface area contributed by atoms with Crippen molar-refractivity contribution in [2.24, 2.45) is 0 Å². The van der Waals surface area contributed by atoms with Crippen LogP contribution in [0, 0.1) is 0 Å². The summed E-state index contributed by atoms with van der Waals surface area (Å²) in [4.78, 5) is 16.6. The number of nitrogens with zero attached hydrogens (tertiary/aromatic N) is 2. The Bertz CT molecular complexity index is 803. The zero-order chi connectivity index (χ0) is 18.3. The van der Waals surface area contributed by atoms with E-state index in [1.807, 2.05) is 18.2 Å². The van der Waals surface area contributed by atoms with Gasteiger partial charge in [-0.2, -0.15) is 4.31 Å². The van der Waals surface area contributed by atoms with Gasteiger partial charge in [0.05, 0.1) is 4.90 Å². The average molecular weight is 361 g/mol. The van der Waals surface area contributed by atoms with Gasteiger partial charge in [0.1, 0.15) is 0 Å². The number of hydrogen-bond donors (Lipinski definition) is 1. The van der Waals surface area contributed by atoms with Crippen molar-refractivity contribution in [3.05, 3.63) is 59.9 Å². The number of hydrogen-bond acceptors (Lipinski definition) is 4. The van der Waals surface area contributed by atoms with Crippen LogP contribution < -0.4 is 5.32 Å². The predicted octanol–water partition coefficient (Wildman–Crippen LogP) is 2.08. The quantitative estimate of drug-likeness (QED) is 0.781. The van der Waals surface area contributed by atoms with Crippen molar-refractivity contribution in [1.82, 2.24) is 14.6 Å². The average Bonchev–Trinajstić information content (AvgIpc) is 2.63. The van der Waals surface area contributed by atoms with Crippen molar-refractivity contribution in [2.75, 3.05) is 19.6 Å². The number of amides is 1. The largest absolute Gasteiger partial charge is 0.352 e. The van der Waals surface area contributed by atoms with Gasteiger partial charge in [-0.1, -0.05) is 26.0 Å². The fourth-order valence-electron chi connectivity index (χ4n) is 2.46. The monoisotopic (exact) mass is 361 g/mol. The van der Waals surface area contributed by atoms with Crippen molar-refractivity contribution in [3.63, 3.8) is 0 Å². The van der Waals surface area contributed by atoms with Gasteiger partial charge in [0.25, 0.3) is 5.91 Å². The summed E-state index contributed by atoms with van der Waals surface area (Å²) in [6.07, 6.45) is 2.32. The molecule has 25 heavy (non-hydrogen) atoms. The molecular formula is C18H23N3O3S. The van der Waals surface area contributed by atoms with Gasteiger partial charge in [0.2, 0.25) is 10.0 Å². The maximum absolute atomic E-state index is 12.6. The van der Waals surface area contributed by atoms with Crippen LogP contribution in [0.3, 0.4) is 0 Å². The number of carbonyl (C=O) groups is 1. The Morgan fingerprint density at radius 1 is 1.12 bits per heavy atom. The molecule has 0 radical (unpaired) electrons. The standard InChI is InChI=1S/C18H23N3O3S/c1-3-21(4-2)25(23,24)17-10-7-8-15(14-17)18(22)20-13-11-16-9-5-6-12-19-16/h5-10,12,14H,3-4,11,13H2,1-2H3,(H,20,22). The number of pyridine rings is 1. The van der Waals surface area contributed by atoms with E-state index in [1.54, 1.807) is 32.2 Å². The van der Waals surface area contributed by atoms with E-state index in [1.165, 1.54) is 16.4 Å². The van der Waals surface area contributed by atoms with Gasteiger partial charge in [-0.05, 0) is 30.3 Å². The SMILES string of the molecule is CCN(CC)S(=O)(=O)c1cccc(C(=O)NCCc2ccccn2)c1. The Kier molecular flexibility index (Phi) is 6.66. The van der Waals surface area contributed by atoms with Crippen molar-refractivity contribution in [3.8, 4) is 0 Å². The lowest BCUT2D eigenvalue weighted by molar-refractivity contribution is 0.0954. The number of aromatic nitrogens is 1. The molecular weight excluding hydrogens is 338 g/mol. The molecule has 2 aromatic rings. The van der Waals surface area contributed by atoms with Crippen LogP contribution in [0.25, 0.3) is 0 Å². The van der Waals surface area contributed by atoms with E-state index in [2.05, 4.69) is 10.3 Å². The summed E-state index contributed by atoms with van der Waals surface area (Å²) < 4.78 is 26.5. The van der Waals surface area contributed by atoms with Crippen LogP contribution in [0.5, 0.6) is 0 Å². The first-order valence-corrected chi connectivity index (χ1v) is 9.71. The summed E-state index contributed by atoms with van der Waals surface area (Å²) in [6.45, 7) is 4.78. The molecule has 1 aromatic carbocycles. The van der Waals surface area contributed by atoms with Crippen LogP contribution in [-0.2, 0) is 16.4 Å². The normalized spacial score (nSPS) is 11.5. The summed E-state index contributed by atoms with van der Waals surface area (Å²) in [5.41, 5.74) is 1.22. The van der Waals surface area contributed by atoms with Gasteiger partial charge in [0, 0.05) is 43.5 Å². The molecule has 0 saturated carbocycles. The molecule has 0 fully saturated rings. The topological polar surface area (TPSA) is 79.4 Å². The Morgan fingerprint density at radius 2 is 1.88 bits per heavy atom. The number of sulfonamides is 1. The molecule has 134 valence electrons. The molecule has 0 spiro atoms. The second kappa shape index (κ2) is 8.73. The zero-order valence-electron chi connectivity index (χ0n) is 14.5. The predicted molar refractivity (Wildman–Crippen MR) is 96.8 cm³/mol. The molecule has 2 rings (SSSR count). The lowest BCUT2D eigenvalue weighted by Crippen LogP contribution is -2.31. The minimum Gasteiger partial charge on any atom is -0.352 e. The summed E-state index contributed by atoms with van der Waals surface area (Å²) in [6, 6.07) is 11.8. The van der Waals surface area contributed by atoms with Gasteiger partial charge in [-0.15, -0.1) is 0 Å². The summed E-state index contributed by atoms with van der Waals surface area (Å²) in [7, 11) is -3.58. The van der Waals surface area contributed by atoms with Crippen LogP contribution in [-0.4, -0.2) is 43.2 Å². The third-order valence-corrected chi connectivity index (χ3v) is 5.88. The van der Waals surface area contributed by atoms with E-state index in [4.69, 9.17) is 0 Å². The number of nitrogens with one attached hydrogen (secondary N) is 1. The van der Waals surface area contributed by atoms with E-state index in [0.29, 0.717) is 31.6 Å². The van der Waals surface area contributed by atoms with E-state index < -0.39 is 10.0 Å². The summed E-state index contributed by atoms with van der Waals surface area (Å²) in [5, 5.41) is 2.80. The van der Waals surface area contributed by atoms with Gasteiger partial charge in [0.15, 0.2) is 0 Å². The van der Waals surface area contributed by atoms with Crippen molar-refractivity contribution < 1.29 is 13.2 Å². The second-order valence-corrected chi connectivity index (χ2v) is 7.38. The van der Waals surface area contributed by atoms with Gasteiger partial charge >= 0.3 is 0 Å². The first-order valence-electron chi connectivity index (χ1n) is 8.27. The molecule has 0 saturated heterocycles. The molecule has 1 N–H and O–H groups in total. The third-order valence-electron chi connectivity index (χ3n) is 3.83. The highest BCUT2D eigenvalue weighted by Gasteiger charge is 2.22. The van der Waals surface area contributed by atoms with Gasteiger partial charge in [-0.3, -0.25) is 9.78 Å².